The Bertz CT molecular complexity index is 1050. The molecule has 0 spiro atoms. The highest BCUT2D eigenvalue weighted by Crippen LogP contribution is 2.17. The number of nitrogens with one attached hydrogen (secondary N) is 1. The number of likely N-dealkylation sites (N-methyl/N-ethyl adjacent to an activating group) is 1. The second-order valence-electron chi connectivity index (χ2n) is 8.36. The predicted molar refractivity (Wildman–Crippen MR) is 125 cm³/mol. The van der Waals surface area contributed by atoms with Crippen LogP contribution in [-0.2, 0) is 26.2 Å². The Morgan fingerprint density at radius 2 is 1.56 bits per heavy atom. The van der Waals surface area contributed by atoms with E-state index in [1.54, 1.807) is 19.1 Å². The zero-order valence-corrected chi connectivity index (χ0v) is 20.4. The van der Waals surface area contributed by atoms with Crippen molar-refractivity contribution in [1.29, 1.82) is 0 Å². The van der Waals surface area contributed by atoms with Gasteiger partial charge in [0, 0.05) is 19.6 Å². The lowest BCUT2D eigenvalue weighted by Gasteiger charge is -2.31. The summed E-state index contributed by atoms with van der Waals surface area (Å²) in [4.78, 5) is 27.5. The van der Waals surface area contributed by atoms with Crippen molar-refractivity contribution in [2.45, 2.75) is 58.1 Å². The van der Waals surface area contributed by atoms with Crippen LogP contribution in [0.15, 0.2) is 53.4 Å². The minimum absolute atomic E-state index is 0.0787. The number of amides is 2. The standard InChI is InChI=1S/C24H33N3O4S/c1-17(2)25-24(29)20(5)27(15-21-10-8-7-9-19(21)4)23(28)16-26(6)32(30,31)22-13-11-18(3)12-14-22/h7-14,17,20H,15-16H2,1-6H3,(H,25,29). The number of rotatable bonds is 9. The summed E-state index contributed by atoms with van der Waals surface area (Å²) in [5.41, 5.74) is 2.83. The van der Waals surface area contributed by atoms with E-state index in [1.807, 2.05) is 52.0 Å². The Morgan fingerprint density at radius 1 is 0.969 bits per heavy atom. The predicted octanol–water partition coefficient (Wildman–Crippen LogP) is 2.87. The summed E-state index contributed by atoms with van der Waals surface area (Å²) >= 11 is 0. The number of aryl methyl sites for hydroxylation is 2. The topological polar surface area (TPSA) is 86.8 Å². The Morgan fingerprint density at radius 3 is 2.12 bits per heavy atom. The quantitative estimate of drug-likeness (QED) is 0.625. The molecule has 0 aliphatic rings. The first-order valence-corrected chi connectivity index (χ1v) is 12.0. The fraction of sp³-hybridized carbons (Fsp3) is 0.417. The number of carbonyl (C=O) groups excluding carboxylic acids is 2. The highest BCUT2D eigenvalue weighted by molar-refractivity contribution is 7.89. The Labute approximate surface area is 191 Å². The smallest absolute Gasteiger partial charge is 0.243 e. The molecule has 174 valence electrons. The van der Waals surface area contributed by atoms with Gasteiger partial charge in [-0.1, -0.05) is 42.0 Å². The molecule has 0 aliphatic carbocycles. The van der Waals surface area contributed by atoms with Gasteiger partial charge in [-0.15, -0.1) is 0 Å². The first-order chi connectivity index (χ1) is 14.9. The lowest BCUT2D eigenvalue weighted by molar-refractivity contribution is -0.140. The summed E-state index contributed by atoms with van der Waals surface area (Å²) in [6, 6.07) is 13.2. The molecule has 32 heavy (non-hydrogen) atoms. The van der Waals surface area contributed by atoms with Crippen molar-refractivity contribution in [1.82, 2.24) is 14.5 Å². The van der Waals surface area contributed by atoms with Crippen LogP contribution < -0.4 is 5.32 Å². The highest BCUT2D eigenvalue weighted by Gasteiger charge is 2.30. The van der Waals surface area contributed by atoms with Gasteiger partial charge in [0.05, 0.1) is 11.4 Å². The van der Waals surface area contributed by atoms with Crippen LogP contribution in [0.25, 0.3) is 0 Å². The third-order valence-corrected chi connectivity index (χ3v) is 7.10. The third kappa shape index (κ3) is 6.40. The number of benzene rings is 2. The molecule has 0 saturated carbocycles. The zero-order chi connectivity index (χ0) is 24.1. The van der Waals surface area contributed by atoms with E-state index in [1.165, 1.54) is 24.1 Å². The van der Waals surface area contributed by atoms with Gasteiger partial charge in [-0.25, -0.2) is 8.42 Å². The van der Waals surface area contributed by atoms with Crippen molar-refractivity contribution in [3.05, 3.63) is 65.2 Å². The maximum atomic E-state index is 13.3. The second-order valence-corrected chi connectivity index (χ2v) is 10.4. The van der Waals surface area contributed by atoms with Gasteiger partial charge < -0.3 is 10.2 Å². The van der Waals surface area contributed by atoms with Crippen LogP contribution in [0, 0.1) is 13.8 Å². The van der Waals surface area contributed by atoms with Gasteiger partial charge in [0.25, 0.3) is 0 Å². The molecular weight excluding hydrogens is 426 g/mol. The van der Waals surface area contributed by atoms with E-state index in [9.17, 15) is 18.0 Å². The summed E-state index contributed by atoms with van der Waals surface area (Å²) in [5, 5.41) is 2.83. The molecule has 7 nitrogen and oxygen atoms in total. The number of sulfonamides is 1. The van der Waals surface area contributed by atoms with Gasteiger partial charge in [0.2, 0.25) is 21.8 Å². The maximum Gasteiger partial charge on any atom is 0.243 e. The molecule has 0 heterocycles. The van der Waals surface area contributed by atoms with E-state index >= 15 is 0 Å². The number of carbonyl (C=O) groups is 2. The molecule has 0 fully saturated rings. The molecule has 0 saturated heterocycles. The molecule has 0 radical (unpaired) electrons. The molecule has 2 amide bonds. The molecule has 8 heteroatoms. The molecule has 0 aliphatic heterocycles. The van der Waals surface area contributed by atoms with Crippen LogP contribution in [0.1, 0.15) is 37.5 Å². The number of hydrogen-bond donors (Lipinski definition) is 1. The minimum atomic E-state index is -3.85. The van der Waals surface area contributed by atoms with Crippen LogP contribution in [-0.4, -0.2) is 55.1 Å². The van der Waals surface area contributed by atoms with E-state index in [0.717, 1.165) is 21.0 Å². The molecule has 0 bridgehead atoms. The van der Waals surface area contributed by atoms with E-state index in [-0.39, 0.29) is 29.9 Å². The van der Waals surface area contributed by atoms with Crippen molar-refractivity contribution in [2.75, 3.05) is 13.6 Å². The molecule has 1 atom stereocenters. The van der Waals surface area contributed by atoms with E-state index in [4.69, 9.17) is 0 Å². The van der Waals surface area contributed by atoms with Crippen LogP contribution in [0.5, 0.6) is 0 Å². The Kier molecular flexibility index (Phi) is 8.58. The lowest BCUT2D eigenvalue weighted by atomic mass is 10.1. The maximum absolute atomic E-state index is 13.3. The fourth-order valence-electron chi connectivity index (χ4n) is 3.22. The summed E-state index contributed by atoms with van der Waals surface area (Å²) < 4.78 is 26.9. The van der Waals surface area contributed by atoms with Gasteiger partial charge in [-0.2, -0.15) is 4.31 Å². The molecule has 2 aromatic rings. The number of hydrogen-bond acceptors (Lipinski definition) is 4. The van der Waals surface area contributed by atoms with E-state index in [2.05, 4.69) is 5.32 Å². The minimum Gasteiger partial charge on any atom is -0.352 e. The molecular formula is C24H33N3O4S. The average molecular weight is 460 g/mol. The highest BCUT2D eigenvalue weighted by atomic mass is 32.2. The van der Waals surface area contributed by atoms with E-state index in [0.29, 0.717) is 0 Å². The van der Waals surface area contributed by atoms with Crippen molar-refractivity contribution in [3.63, 3.8) is 0 Å². The number of nitrogens with zero attached hydrogens (tertiary/aromatic N) is 2. The van der Waals surface area contributed by atoms with Crippen molar-refractivity contribution >= 4 is 21.8 Å². The molecule has 2 aromatic carbocycles. The van der Waals surface area contributed by atoms with Gasteiger partial charge in [0.1, 0.15) is 6.04 Å². The van der Waals surface area contributed by atoms with Crippen LogP contribution >= 0.6 is 0 Å². The van der Waals surface area contributed by atoms with Crippen molar-refractivity contribution in [3.8, 4) is 0 Å². The van der Waals surface area contributed by atoms with Gasteiger partial charge in [0.15, 0.2) is 0 Å². The summed E-state index contributed by atoms with van der Waals surface area (Å²) in [6.07, 6.45) is 0. The molecule has 0 aromatic heterocycles. The lowest BCUT2D eigenvalue weighted by Crippen LogP contribution is -2.51. The first-order valence-electron chi connectivity index (χ1n) is 10.6. The van der Waals surface area contributed by atoms with Crippen molar-refractivity contribution in [2.24, 2.45) is 0 Å². The van der Waals surface area contributed by atoms with Crippen molar-refractivity contribution < 1.29 is 18.0 Å². The molecule has 2 rings (SSSR count). The SMILES string of the molecule is Cc1ccc(S(=O)(=O)N(C)CC(=O)N(Cc2ccccc2C)C(C)C(=O)NC(C)C)cc1. The van der Waals surface area contributed by atoms with Crippen LogP contribution in [0.3, 0.4) is 0 Å². The van der Waals surface area contributed by atoms with E-state index < -0.39 is 22.0 Å². The fourth-order valence-corrected chi connectivity index (χ4v) is 4.34. The van der Waals surface area contributed by atoms with Gasteiger partial charge in [-0.05, 0) is 57.9 Å². The Hall–Kier alpha value is -2.71. The second kappa shape index (κ2) is 10.7. The third-order valence-electron chi connectivity index (χ3n) is 5.29. The molecule has 1 N–H and O–H groups in total. The van der Waals surface area contributed by atoms with Gasteiger partial charge in [-0.3, -0.25) is 9.59 Å². The van der Waals surface area contributed by atoms with Crippen LogP contribution in [0.4, 0.5) is 0 Å². The monoisotopic (exact) mass is 459 g/mol. The summed E-state index contributed by atoms with van der Waals surface area (Å²) in [7, 11) is -2.47. The normalized spacial score (nSPS) is 12.6. The Balaban J connectivity index is 2.29. The average Bonchev–Trinajstić information content (AvgIpc) is 2.72. The largest absolute Gasteiger partial charge is 0.352 e. The summed E-state index contributed by atoms with van der Waals surface area (Å²) in [6.45, 7) is 8.99. The summed E-state index contributed by atoms with van der Waals surface area (Å²) in [5.74, 6) is -0.733. The van der Waals surface area contributed by atoms with Gasteiger partial charge >= 0.3 is 0 Å². The molecule has 1 unspecified atom stereocenters. The van der Waals surface area contributed by atoms with Crippen LogP contribution in [0.2, 0.25) is 0 Å². The zero-order valence-electron chi connectivity index (χ0n) is 19.6. The first kappa shape index (κ1) is 25.5.